The number of benzene rings is 1. The molecule has 1 aromatic rings. The number of halogens is 2. The van der Waals surface area contributed by atoms with Crippen molar-refractivity contribution < 1.29 is 13.9 Å². The van der Waals surface area contributed by atoms with E-state index < -0.39 is 17.9 Å². The van der Waals surface area contributed by atoms with E-state index in [1.807, 2.05) is 30.3 Å². The van der Waals surface area contributed by atoms with Crippen LogP contribution >= 0.6 is 0 Å². The first-order chi connectivity index (χ1) is 7.09. The fourth-order valence-corrected chi connectivity index (χ4v) is 1.81. The molecule has 1 nitrogen and oxygen atoms in total. The Balaban J connectivity index is 1.80. The second-order valence-electron chi connectivity index (χ2n) is 4.16. The van der Waals surface area contributed by atoms with Gasteiger partial charge in [-0.2, -0.15) is 0 Å². The van der Waals surface area contributed by atoms with Crippen LogP contribution in [0, 0.1) is 5.92 Å². The predicted molar refractivity (Wildman–Crippen MR) is 53.8 cm³/mol. The van der Waals surface area contributed by atoms with E-state index in [4.69, 9.17) is 0 Å². The quantitative estimate of drug-likeness (QED) is 0.813. The maximum atomic E-state index is 12.6. The molecule has 0 aliphatic heterocycles. The lowest BCUT2D eigenvalue weighted by molar-refractivity contribution is 0.0451. The van der Waals surface area contributed by atoms with Crippen molar-refractivity contribution in [2.75, 3.05) is 0 Å². The molecular weight excluding hydrogens is 198 g/mol. The number of aryl methyl sites for hydroxylation is 1. The molecule has 0 unspecified atom stereocenters. The molecule has 3 heteroatoms. The third-order valence-corrected chi connectivity index (χ3v) is 2.91. The first-order valence-electron chi connectivity index (χ1n) is 5.19. The molecular formula is C12H14F2O. The maximum absolute atomic E-state index is 12.6. The van der Waals surface area contributed by atoms with Crippen molar-refractivity contribution in [2.45, 2.75) is 31.3 Å². The maximum Gasteiger partial charge on any atom is 0.254 e. The molecule has 0 bridgehead atoms. The summed E-state index contributed by atoms with van der Waals surface area (Å²) in [6.45, 7) is 0. The normalized spacial score (nSPS) is 24.9. The summed E-state index contributed by atoms with van der Waals surface area (Å²) in [6, 6.07) is 9.62. The van der Waals surface area contributed by atoms with E-state index in [-0.39, 0.29) is 6.42 Å². The summed E-state index contributed by atoms with van der Waals surface area (Å²) in [4.78, 5) is 0. The Morgan fingerprint density at radius 1 is 1.33 bits per heavy atom. The summed E-state index contributed by atoms with van der Waals surface area (Å²) in [5, 5.41) is 9.51. The fraction of sp³-hybridized carbons (Fsp3) is 0.500. The van der Waals surface area contributed by atoms with Crippen molar-refractivity contribution in [2.24, 2.45) is 5.92 Å². The van der Waals surface area contributed by atoms with Crippen LogP contribution in [0.5, 0.6) is 0 Å². The van der Waals surface area contributed by atoms with Crippen molar-refractivity contribution >= 4 is 0 Å². The number of rotatable bonds is 4. The molecule has 1 N–H and O–H groups in total. The van der Waals surface area contributed by atoms with Crippen LogP contribution in [0.1, 0.15) is 18.4 Å². The monoisotopic (exact) mass is 212 g/mol. The summed E-state index contributed by atoms with van der Waals surface area (Å²) in [7, 11) is 0. The number of hydrogen-bond donors (Lipinski definition) is 1. The lowest BCUT2D eigenvalue weighted by Gasteiger charge is -2.09. The molecule has 1 aliphatic rings. The topological polar surface area (TPSA) is 20.2 Å². The van der Waals surface area contributed by atoms with Gasteiger partial charge in [-0.1, -0.05) is 30.3 Å². The zero-order valence-electron chi connectivity index (χ0n) is 8.37. The Kier molecular flexibility index (Phi) is 2.74. The Bertz CT molecular complexity index is 324. The molecule has 0 heterocycles. The molecule has 0 spiro atoms. The predicted octanol–water partition coefficient (Wildman–Crippen LogP) is 2.64. The summed E-state index contributed by atoms with van der Waals surface area (Å²) >= 11 is 0. The minimum atomic E-state index is -2.61. The van der Waals surface area contributed by atoms with Gasteiger partial charge in [0.25, 0.3) is 5.92 Å². The Morgan fingerprint density at radius 2 is 1.93 bits per heavy atom. The molecule has 1 aliphatic carbocycles. The van der Waals surface area contributed by atoms with Crippen LogP contribution < -0.4 is 0 Å². The molecule has 2 atom stereocenters. The highest BCUT2D eigenvalue weighted by atomic mass is 19.3. The standard InChI is InChI=1S/C12H14F2O/c13-12(14)8-10(12)11(15)7-6-9-4-2-1-3-5-9/h1-5,10-11,15H,6-8H2/t10-,11-/m1/s1. The largest absolute Gasteiger partial charge is 0.393 e. The highest BCUT2D eigenvalue weighted by Crippen LogP contribution is 2.51. The second kappa shape index (κ2) is 3.89. The van der Waals surface area contributed by atoms with E-state index in [9.17, 15) is 13.9 Å². The molecule has 15 heavy (non-hydrogen) atoms. The molecule has 0 saturated heterocycles. The van der Waals surface area contributed by atoms with Crippen LogP contribution in [0.2, 0.25) is 0 Å². The molecule has 2 rings (SSSR count). The van der Waals surface area contributed by atoms with Crippen molar-refractivity contribution in [3.05, 3.63) is 35.9 Å². The van der Waals surface area contributed by atoms with Gasteiger partial charge in [-0.05, 0) is 18.4 Å². The van der Waals surface area contributed by atoms with Gasteiger partial charge in [-0.25, -0.2) is 8.78 Å². The Hall–Kier alpha value is -0.960. The lowest BCUT2D eigenvalue weighted by atomic mass is 10.0. The van der Waals surface area contributed by atoms with Crippen LogP contribution in [0.3, 0.4) is 0 Å². The first kappa shape index (κ1) is 10.6. The van der Waals surface area contributed by atoms with E-state index >= 15 is 0 Å². The highest BCUT2D eigenvalue weighted by molar-refractivity contribution is 5.15. The molecule has 0 radical (unpaired) electrons. The van der Waals surface area contributed by atoms with E-state index in [1.165, 1.54) is 0 Å². The lowest BCUT2D eigenvalue weighted by Crippen LogP contribution is -2.15. The summed E-state index contributed by atoms with van der Waals surface area (Å²) in [6.07, 6.45) is 0.0714. The molecule has 0 amide bonds. The molecule has 1 fully saturated rings. The van der Waals surface area contributed by atoms with Gasteiger partial charge in [0.2, 0.25) is 0 Å². The third-order valence-electron chi connectivity index (χ3n) is 2.91. The summed E-state index contributed by atoms with van der Waals surface area (Å²) in [5.41, 5.74) is 1.08. The van der Waals surface area contributed by atoms with Crippen LogP contribution in [-0.2, 0) is 6.42 Å². The van der Waals surface area contributed by atoms with E-state index in [0.717, 1.165) is 5.56 Å². The van der Waals surface area contributed by atoms with E-state index in [2.05, 4.69) is 0 Å². The van der Waals surface area contributed by atoms with Gasteiger partial charge in [-0.15, -0.1) is 0 Å². The average molecular weight is 212 g/mol. The molecule has 1 saturated carbocycles. The van der Waals surface area contributed by atoms with Crippen molar-refractivity contribution in [3.63, 3.8) is 0 Å². The van der Waals surface area contributed by atoms with E-state index in [0.29, 0.717) is 12.8 Å². The average Bonchev–Trinajstić information content (AvgIpc) is 2.86. The third kappa shape index (κ3) is 2.53. The SMILES string of the molecule is O[C@H](CCc1ccccc1)[C@H]1CC1(F)F. The second-order valence-corrected chi connectivity index (χ2v) is 4.16. The van der Waals surface area contributed by atoms with Gasteiger partial charge < -0.3 is 5.11 Å². The molecule has 1 aromatic carbocycles. The van der Waals surface area contributed by atoms with Gasteiger partial charge in [0.15, 0.2) is 0 Å². The zero-order chi connectivity index (χ0) is 10.9. The Morgan fingerprint density at radius 3 is 2.47 bits per heavy atom. The van der Waals surface area contributed by atoms with Gasteiger partial charge in [-0.3, -0.25) is 0 Å². The first-order valence-corrected chi connectivity index (χ1v) is 5.19. The van der Waals surface area contributed by atoms with Gasteiger partial charge >= 0.3 is 0 Å². The van der Waals surface area contributed by atoms with Gasteiger partial charge in [0.05, 0.1) is 12.0 Å². The van der Waals surface area contributed by atoms with Crippen LogP contribution in [0.4, 0.5) is 8.78 Å². The minimum absolute atomic E-state index is 0.150. The van der Waals surface area contributed by atoms with Gasteiger partial charge in [0.1, 0.15) is 0 Å². The number of alkyl halides is 2. The number of hydrogen-bond acceptors (Lipinski definition) is 1. The Labute approximate surface area is 87.7 Å². The van der Waals surface area contributed by atoms with Crippen LogP contribution in [-0.4, -0.2) is 17.1 Å². The fourth-order valence-electron chi connectivity index (χ4n) is 1.81. The van der Waals surface area contributed by atoms with E-state index in [1.54, 1.807) is 0 Å². The highest BCUT2D eigenvalue weighted by Gasteiger charge is 2.59. The summed E-state index contributed by atoms with van der Waals surface area (Å²) in [5.74, 6) is -3.42. The number of aliphatic hydroxyl groups excluding tert-OH is 1. The van der Waals surface area contributed by atoms with Gasteiger partial charge in [0, 0.05) is 6.42 Å². The van der Waals surface area contributed by atoms with Crippen molar-refractivity contribution in [1.82, 2.24) is 0 Å². The molecule has 82 valence electrons. The smallest absolute Gasteiger partial charge is 0.254 e. The van der Waals surface area contributed by atoms with Crippen molar-refractivity contribution in [1.29, 1.82) is 0 Å². The number of aliphatic hydroxyl groups is 1. The zero-order valence-corrected chi connectivity index (χ0v) is 8.37. The summed E-state index contributed by atoms with van der Waals surface area (Å²) < 4.78 is 25.2. The minimum Gasteiger partial charge on any atom is -0.393 e. The molecule has 0 aromatic heterocycles. The van der Waals surface area contributed by atoms with Crippen LogP contribution in [0.15, 0.2) is 30.3 Å². The van der Waals surface area contributed by atoms with Crippen LogP contribution in [0.25, 0.3) is 0 Å². The van der Waals surface area contributed by atoms with Crippen molar-refractivity contribution in [3.8, 4) is 0 Å².